The number of rotatable bonds is 3. The highest BCUT2D eigenvalue weighted by molar-refractivity contribution is 5.77. The second-order valence-electron chi connectivity index (χ2n) is 8.51. The van der Waals surface area contributed by atoms with Gasteiger partial charge in [0, 0.05) is 37.4 Å². The van der Waals surface area contributed by atoms with Crippen molar-refractivity contribution >= 4 is 11.3 Å². The second kappa shape index (κ2) is 7.31. The molecule has 1 aliphatic heterocycles. The summed E-state index contributed by atoms with van der Waals surface area (Å²) in [5.74, 6) is 0.821. The van der Waals surface area contributed by atoms with Crippen molar-refractivity contribution < 1.29 is 0 Å². The van der Waals surface area contributed by atoms with Gasteiger partial charge in [-0.15, -0.1) is 0 Å². The molecule has 1 aliphatic carbocycles. The summed E-state index contributed by atoms with van der Waals surface area (Å²) in [6.07, 6.45) is 6.32. The zero-order valence-electron chi connectivity index (χ0n) is 16.0. The SMILES string of the molecule is CCN1CCN(c2ccccc2C2=CCC(C(C)(C)C)CC2)CC1. The van der Waals surface area contributed by atoms with Crippen molar-refractivity contribution in [1.29, 1.82) is 0 Å². The molecule has 0 amide bonds. The third-order valence-electron chi connectivity index (χ3n) is 6.05. The Balaban J connectivity index is 1.77. The van der Waals surface area contributed by atoms with Crippen molar-refractivity contribution in [2.24, 2.45) is 11.3 Å². The molecular formula is C22H34N2. The fraction of sp³-hybridized carbons (Fsp3) is 0.636. The largest absolute Gasteiger partial charge is 0.368 e. The molecule has 1 fully saturated rings. The Labute approximate surface area is 148 Å². The lowest BCUT2D eigenvalue weighted by Crippen LogP contribution is -2.46. The quantitative estimate of drug-likeness (QED) is 0.766. The fourth-order valence-corrected chi connectivity index (χ4v) is 4.19. The zero-order chi connectivity index (χ0) is 17.2. The predicted molar refractivity (Wildman–Crippen MR) is 106 cm³/mol. The molecular weight excluding hydrogens is 292 g/mol. The molecule has 24 heavy (non-hydrogen) atoms. The minimum Gasteiger partial charge on any atom is -0.368 e. The van der Waals surface area contributed by atoms with E-state index in [9.17, 15) is 0 Å². The molecule has 0 radical (unpaired) electrons. The monoisotopic (exact) mass is 326 g/mol. The van der Waals surface area contributed by atoms with Crippen LogP contribution >= 0.6 is 0 Å². The molecule has 1 aromatic carbocycles. The average Bonchev–Trinajstić information content (AvgIpc) is 2.61. The smallest absolute Gasteiger partial charge is 0.0443 e. The van der Waals surface area contributed by atoms with Gasteiger partial charge in [-0.2, -0.15) is 0 Å². The standard InChI is InChI=1S/C22H34N2/c1-5-23-14-16-24(17-15-23)21-9-7-6-8-20(21)18-10-12-19(13-11-18)22(2,3)4/h6-10,19H,5,11-17H2,1-4H3. The van der Waals surface area contributed by atoms with Crippen LogP contribution in [0.5, 0.6) is 0 Å². The summed E-state index contributed by atoms with van der Waals surface area (Å²) in [4.78, 5) is 5.14. The summed E-state index contributed by atoms with van der Waals surface area (Å²) in [6.45, 7) is 15.3. The molecule has 1 heterocycles. The third-order valence-corrected chi connectivity index (χ3v) is 6.05. The highest BCUT2D eigenvalue weighted by Crippen LogP contribution is 2.41. The lowest BCUT2D eigenvalue weighted by atomic mass is 9.72. The first-order chi connectivity index (χ1) is 11.5. The number of para-hydroxylation sites is 1. The summed E-state index contributed by atoms with van der Waals surface area (Å²) >= 11 is 0. The maximum atomic E-state index is 2.60. The van der Waals surface area contributed by atoms with Gasteiger partial charge in [0.05, 0.1) is 0 Å². The summed E-state index contributed by atoms with van der Waals surface area (Å²) in [7, 11) is 0. The summed E-state index contributed by atoms with van der Waals surface area (Å²) in [6, 6.07) is 9.07. The van der Waals surface area contributed by atoms with Crippen LogP contribution in [0.3, 0.4) is 0 Å². The van der Waals surface area contributed by atoms with Crippen LogP contribution in [0.1, 0.15) is 52.5 Å². The van der Waals surface area contributed by atoms with Gasteiger partial charge in [0.2, 0.25) is 0 Å². The van der Waals surface area contributed by atoms with Crippen LogP contribution in [-0.2, 0) is 0 Å². The maximum Gasteiger partial charge on any atom is 0.0443 e. The molecule has 0 spiro atoms. The van der Waals surface area contributed by atoms with Gasteiger partial charge in [0.1, 0.15) is 0 Å². The van der Waals surface area contributed by atoms with E-state index in [1.54, 1.807) is 5.57 Å². The molecule has 2 heteroatoms. The first kappa shape index (κ1) is 17.5. The van der Waals surface area contributed by atoms with Gasteiger partial charge in [-0.1, -0.05) is 52.0 Å². The van der Waals surface area contributed by atoms with Crippen molar-refractivity contribution in [1.82, 2.24) is 4.90 Å². The Morgan fingerprint density at radius 3 is 2.33 bits per heavy atom. The van der Waals surface area contributed by atoms with Gasteiger partial charge in [-0.3, -0.25) is 0 Å². The van der Waals surface area contributed by atoms with E-state index >= 15 is 0 Å². The molecule has 2 nitrogen and oxygen atoms in total. The highest BCUT2D eigenvalue weighted by atomic mass is 15.3. The van der Waals surface area contributed by atoms with Gasteiger partial charge >= 0.3 is 0 Å². The van der Waals surface area contributed by atoms with E-state index in [0.29, 0.717) is 5.41 Å². The molecule has 1 saturated heterocycles. The molecule has 3 rings (SSSR count). The van der Waals surface area contributed by atoms with Crippen LogP contribution in [0.4, 0.5) is 5.69 Å². The Morgan fingerprint density at radius 2 is 1.75 bits per heavy atom. The third kappa shape index (κ3) is 3.85. The summed E-state index contributed by atoms with van der Waals surface area (Å²) in [5.41, 5.74) is 4.94. The molecule has 0 bridgehead atoms. The minimum atomic E-state index is 0.429. The van der Waals surface area contributed by atoms with Crippen LogP contribution in [0.2, 0.25) is 0 Å². The van der Waals surface area contributed by atoms with Gasteiger partial charge in [-0.25, -0.2) is 0 Å². The lowest BCUT2D eigenvalue weighted by Gasteiger charge is -2.37. The number of anilines is 1. The maximum absolute atomic E-state index is 2.60. The van der Waals surface area contributed by atoms with Crippen molar-refractivity contribution in [3.63, 3.8) is 0 Å². The lowest BCUT2D eigenvalue weighted by molar-refractivity contribution is 0.225. The average molecular weight is 327 g/mol. The molecule has 1 unspecified atom stereocenters. The summed E-state index contributed by atoms with van der Waals surface area (Å²) in [5, 5.41) is 0. The Kier molecular flexibility index (Phi) is 5.34. The van der Waals surface area contributed by atoms with E-state index in [1.165, 1.54) is 50.1 Å². The molecule has 1 aromatic rings. The van der Waals surface area contributed by atoms with Crippen LogP contribution in [0.15, 0.2) is 30.3 Å². The minimum absolute atomic E-state index is 0.429. The number of hydrogen-bond acceptors (Lipinski definition) is 2. The predicted octanol–water partition coefficient (Wildman–Crippen LogP) is 5.06. The van der Waals surface area contributed by atoms with E-state index in [-0.39, 0.29) is 0 Å². The van der Waals surface area contributed by atoms with Gasteiger partial charge in [-0.05, 0) is 48.8 Å². The van der Waals surface area contributed by atoms with Crippen LogP contribution in [0, 0.1) is 11.3 Å². The molecule has 132 valence electrons. The van der Waals surface area contributed by atoms with E-state index in [0.717, 1.165) is 19.0 Å². The fourth-order valence-electron chi connectivity index (χ4n) is 4.19. The highest BCUT2D eigenvalue weighted by Gasteiger charge is 2.27. The van der Waals surface area contributed by atoms with Crippen LogP contribution in [-0.4, -0.2) is 37.6 Å². The summed E-state index contributed by atoms with van der Waals surface area (Å²) < 4.78 is 0. The Morgan fingerprint density at radius 1 is 1.04 bits per heavy atom. The van der Waals surface area contributed by atoms with Crippen molar-refractivity contribution in [3.8, 4) is 0 Å². The first-order valence-electron chi connectivity index (χ1n) is 9.74. The molecule has 0 N–H and O–H groups in total. The Hall–Kier alpha value is -1.28. The number of allylic oxidation sites excluding steroid dienone is 2. The van der Waals surface area contributed by atoms with E-state index in [2.05, 4.69) is 67.8 Å². The van der Waals surface area contributed by atoms with Crippen LogP contribution < -0.4 is 4.90 Å². The van der Waals surface area contributed by atoms with Crippen LogP contribution in [0.25, 0.3) is 5.57 Å². The molecule has 2 aliphatic rings. The Bertz CT molecular complexity index is 574. The number of hydrogen-bond donors (Lipinski definition) is 0. The normalized spacial score (nSPS) is 23.2. The number of nitrogens with zero attached hydrogens (tertiary/aromatic N) is 2. The number of benzene rings is 1. The number of piperazine rings is 1. The van der Waals surface area contributed by atoms with E-state index < -0.39 is 0 Å². The van der Waals surface area contributed by atoms with Gasteiger partial charge < -0.3 is 9.80 Å². The number of likely N-dealkylation sites (N-methyl/N-ethyl adjacent to an activating group) is 1. The molecule has 1 atom stereocenters. The topological polar surface area (TPSA) is 6.48 Å². The second-order valence-corrected chi connectivity index (χ2v) is 8.51. The van der Waals surface area contributed by atoms with Gasteiger partial charge in [0.25, 0.3) is 0 Å². The molecule has 0 aromatic heterocycles. The van der Waals surface area contributed by atoms with Crippen molar-refractivity contribution in [2.75, 3.05) is 37.6 Å². The first-order valence-corrected chi connectivity index (χ1v) is 9.74. The molecule has 0 saturated carbocycles. The van der Waals surface area contributed by atoms with E-state index in [1.807, 2.05) is 0 Å². The zero-order valence-corrected chi connectivity index (χ0v) is 16.0. The van der Waals surface area contributed by atoms with Gasteiger partial charge in [0.15, 0.2) is 0 Å². The van der Waals surface area contributed by atoms with Crippen molar-refractivity contribution in [2.45, 2.75) is 47.0 Å². The van der Waals surface area contributed by atoms with Crippen molar-refractivity contribution in [3.05, 3.63) is 35.9 Å². The van der Waals surface area contributed by atoms with E-state index in [4.69, 9.17) is 0 Å².